The Morgan fingerprint density at radius 3 is 2.83 bits per heavy atom. The van der Waals surface area contributed by atoms with Crippen LogP contribution in [0.4, 0.5) is 4.39 Å². The number of piperidine rings is 1. The maximum Gasteiger partial charge on any atom is 0.274 e. The number of aryl methyl sites for hydroxylation is 2. The Morgan fingerprint density at radius 1 is 1.17 bits per heavy atom. The first-order chi connectivity index (χ1) is 14.0. The van der Waals surface area contributed by atoms with Gasteiger partial charge in [-0.3, -0.25) is 9.48 Å². The summed E-state index contributed by atoms with van der Waals surface area (Å²) in [5.74, 6) is 0. The maximum atomic E-state index is 14.3. The van der Waals surface area contributed by atoms with Crippen molar-refractivity contribution in [2.75, 3.05) is 13.1 Å². The van der Waals surface area contributed by atoms with Crippen LogP contribution in [0.2, 0.25) is 0 Å². The van der Waals surface area contributed by atoms with Gasteiger partial charge in [-0.1, -0.05) is 6.07 Å². The summed E-state index contributed by atoms with van der Waals surface area (Å²) in [7, 11) is 1.91. The van der Waals surface area contributed by atoms with Crippen molar-refractivity contribution in [3.05, 3.63) is 58.6 Å². The third kappa shape index (κ3) is 3.02. The van der Waals surface area contributed by atoms with Crippen LogP contribution in [-0.2, 0) is 7.05 Å². The van der Waals surface area contributed by atoms with Crippen LogP contribution in [0.5, 0.6) is 0 Å². The number of nitrogens with zero attached hydrogens (tertiary/aromatic N) is 4. The number of hydrogen-bond acceptors (Lipinski definition) is 4. The monoisotopic (exact) mass is 391 g/mol. The van der Waals surface area contributed by atoms with Crippen molar-refractivity contribution in [2.24, 2.45) is 7.05 Å². The highest BCUT2D eigenvalue weighted by atomic mass is 19.1. The Hall–Kier alpha value is -3.06. The lowest BCUT2D eigenvalue weighted by atomic mass is 9.99. The van der Waals surface area contributed by atoms with E-state index in [0.717, 1.165) is 33.0 Å². The smallest absolute Gasteiger partial charge is 0.274 e. The molecule has 0 amide bonds. The normalized spacial score (nSPS) is 19.8. The van der Waals surface area contributed by atoms with Crippen molar-refractivity contribution < 1.29 is 4.39 Å². The fourth-order valence-corrected chi connectivity index (χ4v) is 4.26. The number of hydrogen-bond donors (Lipinski definition) is 1. The predicted octanol–water partition coefficient (Wildman–Crippen LogP) is 3.13. The second kappa shape index (κ2) is 6.77. The highest BCUT2D eigenvalue weighted by Crippen LogP contribution is 2.29. The summed E-state index contributed by atoms with van der Waals surface area (Å²) < 4.78 is 17.4. The third-order valence-corrected chi connectivity index (χ3v) is 5.75. The molecule has 2 aromatic heterocycles. The van der Waals surface area contributed by atoms with Gasteiger partial charge in [0.1, 0.15) is 6.17 Å². The number of benzene rings is 2. The van der Waals surface area contributed by atoms with E-state index in [1.807, 2.05) is 43.0 Å². The molecule has 1 saturated heterocycles. The quantitative estimate of drug-likeness (QED) is 0.570. The first-order valence-corrected chi connectivity index (χ1v) is 9.82. The van der Waals surface area contributed by atoms with Gasteiger partial charge in [0.05, 0.1) is 23.1 Å². The molecule has 0 saturated carbocycles. The summed E-state index contributed by atoms with van der Waals surface area (Å²) in [5, 5.41) is 14.2. The molecule has 29 heavy (non-hydrogen) atoms. The van der Waals surface area contributed by atoms with E-state index >= 15 is 0 Å². The van der Waals surface area contributed by atoms with Gasteiger partial charge in [0, 0.05) is 30.6 Å². The zero-order chi connectivity index (χ0) is 20.1. The molecule has 148 valence electrons. The molecule has 1 aliphatic heterocycles. The second-order valence-corrected chi connectivity index (χ2v) is 7.81. The van der Waals surface area contributed by atoms with Gasteiger partial charge in [-0.05, 0) is 60.8 Å². The molecule has 1 aliphatic rings. The lowest BCUT2D eigenvalue weighted by Gasteiger charge is -2.27. The van der Waals surface area contributed by atoms with Crippen molar-refractivity contribution in [1.82, 2.24) is 24.9 Å². The van der Waals surface area contributed by atoms with Crippen molar-refractivity contribution in [1.29, 1.82) is 0 Å². The maximum absolute atomic E-state index is 14.3. The van der Waals surface area contributed by atoms with E-state index in [1.165, 1.54) is 4.68 Å². The highest BCUT2D eigenvalue weighted by Gasteiger charge is 2.28. The summed E-state index contributed by atoms with van der Waals surface area (Å²) in [6.45, 7) is 2.99. The molecular weight excluding hydrogens is 369 g/mol. The van der Waals surface area contributed by atoms with Crippen molar-refractivity contribution >= 4 is 21.7 Å². The van der Waals surface area contributed by atoms with Crippen molar-refractivity contribution in [2.45, 2.75) is 25.6 Å². The van der Waals surface area contributed by atoms with Gasteiger partial charge in [-0.15, -0.1) is 0 Å². The Morgan fingerprint density at radius 2 is 2.00 bits per heavy atom. The minimum Gasteiger partial charge on any atom is -0.314 e. The zero-order valence-electron chi connectivity index (χ0n) is 16.4. The number of fused-ring (bicyclic) bond motifs is 2. The van der Waals surface area contributed by atoms with Gasteiger partial charge in [0.25, 0.3) is 5.56 Å². The molecule has 3 heterocycles. The fraction of sp³-hybridized carbons (Fsp3) is 0.318. The summed E-state index contributed by atoms with van der Waals surface area (Å²) in [5.41, 5.74) is 3.94. The van der Waals surface area contributed by atoms with Gasteiger partial charge in [-0.2, -0.15) is 10.2 Å². The Bertz CT molecular complexity index is 1290. The molecule has 7 heteroatoms. The third-order valence-electron chi connectivity index (χ3n) is 5.75. The van der Waals surface area contributed by atoms with E-state index in [-0.39, 0.29) is 12.1 Å². The summed E-state index contributed by atoms with van der Waals surface area (Å²) >= 11 is 0. The van der Waals surface area contributed by atoms with Gasteiger partial charge < -0.3 is 5.32 Å². The van der Waals surface area contributed by atoms with E-state index in [0.29, 0.717) is 18.4 Å². The Labute approximate surface area is 167 Å². The molecule has 5 rings (SSSR count). The lowest BCUT2D eigenvalue weighted by Crippen LogP contribution is -2.43. The number of halogens is 1. The fourth-order valence-electron chi connectivity index (χ4n) is 4.26. The first kappa shape index (κ1) is 18.0. The standard InChI is InChI=1S/C22H22FN5O/c1-13-7-15(9-17-12-27(2)26-21(13)17)14-3-4-18-16(8-14)10-25-28(22(18)29)20-5-6-24-11-19(20)23/h3-4,7-10,12,19-20,24H,5-6,11H2,1-2H3. The molecule has 0 bridgehead atoms. The van der Waals surface area contributed by atoms with Crippen LogP contribution in [0, 0.1) is 6.92 Å². The van der Waals surface area contributed by atoms with Crippen LogP contribution in [0.1, 0.15) is 18.0 Å². The molecular formula is C22H22FN5O. The number of alkyl halides is 1. The molecule has 4 aromatic rings. The minimum atomic E-state index is -1.11. The Balaban J connectivity index is 1.59. The minimum absolute atomic E-state index is 0.234. The van der Waals surface area contributed by atoms with E-state index < -0.39 is 12.2 Å². The predicted molar refractivity (Wildman–Crippen MR) is 112 cm³/mol. The number of rotatable bonds is 2. The molecule has 1 fully saturated rings. The zero-order valence-corrected chi connectivity index (χ0v) is 16.4. The van der Waals surface area contributed by atoms with E-state index in [9.17, 15) is 9.18 Å². The number of nitrogens with one attached hydrogen (secondary N) is 1. The first-order valence-electron chi connectivity index (χ1n) is 9.82. The van der Waals surface area contributed by atoms with Crippen LogP contribution in [0.3, 0.4) is 0 Å². The van der Waals surface area contributed by atoms with Crippen LogP contribution < -0.4 is 10.9 Å². The van der Waals surface area contributed by atoms with E-state index in [1.54, 1.807) is 6.20 Å². The number of aromatic nitrogens is 4. The molecule has 1 N–H and O–H groups in total. The molecule has 2 atom stereocenters. The molecule has 2 unspecified atom stereocenters. The lowest BCUT2D eigenvalue weighted by molar-refractivity contribution is 0.169. The van der Waals surface area contributed by atoms with Crippen molar-refractivity contribution in [3.8, 4) is 11.1 Å². The van der Waals surface area contributed by atoms with Gasteiger partial charge >= 0.3 is 0 Å². The van der Waals surface area contributed by atoms with Crippen LogP contribution in [0.15, 0.2) is 47.5 Å². The summed E-state index contributed by atoms with van der Waals surface area (Å²) in [6.07, 6.45) is 3.12. The van der Waals surface area contributed by atoms with Gasteiger partial charge in [-0.25, -0.2) is 9.07 Å². The topological polar surface area (TPSA) is 64.7 Å². The van der Waals surface area contributed by atoms with Crippen LogP contribution in [0.25, 0.3) is 32.8 Å². The molecule has 2 aromatic carbocycles. The highest BCUT2D eigenvalue weighted by molar-refractivity contribution is 5.90. The van der Waals surface area contributed by atoms with E-state index in [4.69, 9.17) is 0 Å². The van der Waals surface area contributed by atoms with Crippen LogP contribution >= 0.6 is 0 Å². The Kier molecular flexibility index (Phi) is 4.20. The summed E-state index contributed by atoms with van der Waals surface area (Å²) in [4.78, 5) is 13.0. The van der Waals surface area contributed by atoms with Gasteiger partial charge in [0.15, 0.2) is 0 Å². The average molecular weight is 391 g/mol. The second-order valence-electron chi connectivity index (χ2n) is 7.81. The van der Waals surface area contributed by atoms with Crippen molar-refractivity contribution in [3.63, 3.8) is 0 Å². The SMILES string of the molecule is Cc1cc(-c2ccc3c(=O)n(C4CCNCC4F)ncc3c2)cc2cn(C)nc12. The largest absolute Gasteiger partial charge is 0.314 e. The average Bonchev–Trinajstić information content (AvgIpc) is 3.10. The molecule has 0 spiro atoms. The molecule has 0 aliphatic carbocycles. The molecule has 0 radical (unpaired) electrons. The van der Waals surface area contributed by atoms with E-state index in [2.05, 4.69) is 27.6 Å². The van der Waals surface area contributed by atoms with Gasteiger partial charge in [0.2, 0.25) is 0 Å². The molecule has 6 nitrogen and oxygen atoms in total. The summed E-state index contributed by atoms with van der Waals surface area (Å²) in [6, 6.07) is 9.44. The van der Waals surface area contributed by atoms with Crippen LogP contribution in [-0.4, -0.2) is 38.8 Å².